The number of ether oxygens (including phenoxy) is 2. The minimum atomic E-state index is -1.60. The summed E-state index contributed by atoms with van der Waals surface area (Å²) in [5.74, 6) is -0.239. The van der Waals surface area contributed by atoms with Gasteiger partial charge < -0.3 is 45.2 Å². The molecule has 5 aliphatic rings. The molecule has 244 valence electrons. The van der Waals surface area contributed by atoms with E-state index in [9.17, 15) is 40.5 Å². The van der Waals surface area contributed by atoms with E-state index >= 15 is 0 Å². The van der Waals surface area contributed by atoms with Gasteiger partial charge >= 0.3 is 0 Å². The standard InChI is InChI=1S/C33H52O10/c1-16(2)6-9-26(37)33(5,41)25-8-7-18-17-12-21(35)20-13-23(42-30-29(40)28(39)27(38)24(15-34)43-30)22(36)14-32(20,4)19(17)10-11-31(18,25)3/h7,12,16,19-20,22-30,34,36-41H,6,8-11,13-15H2,1-5H3/t19-,20-,22-,23+,24+,25-,26+,27+,28-,29+,30+,31-,32+,33+/m0/s1. The van der Waals surface area contributed by atoms with Crippen molar-refractivity contribution in [3.05, 3.63) is 23.3 Å². The molecule has 14 atom stereocenters. The van der Waals surface area contributed by atoms with Crippen molar-refractivity contribution in [3.63, 3.8) is 0 Å². The van der Waals surface area contributed by atoms with Crippen molar-refractivity contribution in [2.75, 3.05) is 6.61 Å². The molecule has 3 fully saturated rings. The molecule has 1 heterocycles. The van der Waals surface area contributed by atoms with Crippen LogP contribution in [0.15, 0.2) is 23.3 Å². The Morgan fingerprint density at radius 1 is 1.09 bits per heavy atom. The highest BCUT2D eigenvalue weighted by atomic mass is 16.7. The van der Waals surface area contributed by atoms with E-state index in [1.807, 2.05) is 0 Å². The van der Waals surface area contributed by atoms with Gasteiger partial charge in [-0.1, -0.05) is 33.8 Å². The van der Waals surface area contributed by atoms with Crippen molar-refractivity contribution >= 4 is 5.78 Å². The van der Waals surface area contributed by atoms with Gasteiger partial charge in [-0.25, -0.2) is 0 Å². The molecular weight excluding hydrogens is 556 g/mol. The van der Waals surface area contributed by atoms with Gasteiger partial charge in [0.25, 0.3) is 0 Å². The molecule has 1 aliphatic heterocycles. The Kier molecular flexibility index (Phi) is 9.15. The van der Waals surface area contributed by atoms with Crippen molar-refractivity contribution in [2.45, 2.75) is 134 Å². The van der Waals surface area contributed by atoms with E-state index in [0.29, 0.717) is 18.8 Å². The first-order chi connectivity index (χ1) is 20.1. The molecule has 0 aromatic rings. The average Bonchev–Trinajstić information content (AvgIpc) is 3.31. The Morgan fingerprint density at radius 3 is 2.44 bits per heavy atom. The third kappa shape index (κ3) is 5.48. The minimum absolute atomic E-state index is 0.0203. The summed E-state index contributed by atoms with van der Waals surface area (Å²) in [7, 11) is 0. The summed E-state index contributed by atoms with van der Waals surface area (Å²) < 4.78 is 11.4. The van der Waals surface area contributed by atoms with Crippen LogP contribution in [0.3, 0.4) is 0 Å². The van der Waals surface area contributed by atoms with E-state index in [-0.39, 0.29) is 30.5 Å². The van der Waals surface area contributed by atoms with Crippen LogP contribution < -0.4 is 0 Å². The predicted molar refractivity (Wildman–Crippen MR) is 156 cm³/mol. The molecule has 7 N–H and O–H groups in total. The topological polar surface area (TPSA) is 177 Å². The number of hydrogen-bond acceptors (Lipinski definition) is 10. The average molecular weight is 609 g/mol. The molecule has 0 aromatic carbocycles. The highest BCUT2D eigenvalue weighted by molar-refractivity contribution is 5.95. The van der Waals surface area contributed by atoms with Crippen LogP contribution in [0.4, 0.5) is 0 Å². The maximum atomic E-state index is 13.8. The second kappa shape index (κ2) is 11.9. The molecule has 2 saturated carbocycles. The lowest BCUT2D eigenvalue weighted by atomic mass is 9.48. The Morgan fingerprint density at radius 2 is 1.79 bits per heavy atom. The number of aliphatic hydroxyl groups is 7. The zero-order valence-electron chi connectivity index (χ0n) is 26.1. The third-order valence-electron chi connectivity index (χ3n) is 11.9. The third-order valence-corrected chi connectivity index (χ3v) is 11.9. The first-order valence-electron chi connectivity index (χ1n) is 16.1. The second-order valence-corrected chi connectivity index (χ2v) is 15.1. The number of ketones is 1. The lowest BCUT2D eigenvalue weighted by Gasteiger charge is -2.57. The molecular formula is C33H52O10. The summed E-state index contributed by atoms with van der Waals surface area (Å²) in [5.41, 5.74) is -0.165. The number of allylic oxidation sites excluding steroid dienone is 4. The quantitative estimate of drug-likeness (QED) is 0.213. The van der Waals surface area contributed by atoms with Crippen molar-refractivity contribution < 1.29 is 50.0 Å². The first-order valence-corrected chi connectivity index (χ1v) is 16.1. The van der Waals surface area contributed by atoms with Crippen molar-refractivity contribution in [1.82, 2.24) is 0 Å². The van der Waals surface area contributed by atoms with Crippen LogP contribution in [-0.4, -0.2) is 103 Å². The van der Waals surface area contributed by atoms with Gasteiger partial charge in [-0.3, -0.25) is 4.79 Å². The van der Waals surface area contributed by atoms with E-state index in [2.05, 4.69) is 33.8 Å². The smallest absolute Gasteiger partial charge is 0.187 e. The highest BCUT2D eigenvalue weighted by Gasteiger charge is 2.61. The van der Waals surface area contributed by atoms with Gasteiger partial charge in [0.1, 0.15) is 24.4 Å². The minimum Gasteiger partial charge on any atom is -0.394 e. The Labute approximate surface area is 254 Å². The van der Waals surface area contributed by atoms with Crippen LogP contribution in [0.25, 0.3) is 0 Å². The van der Waals surface area contributed by atoms with Gasteiger partial charge in [0.15, 0.2) is 12.1 Å². The summed E-state index contributed by atoms with van der Waals surface area (Å²) >= 11 is 0. The first kappa shape index (κ1) is 33.2. The van der Waals surface area contributed by atoms with E-state index in [4.69, 9.17) is 9.47 Å². The van der Waals surface area contributed by atoms with Crippen molar-refractivity contribution in [1.29, 1.82) is 0 Å². The van der Waals surface area contributed by atoms with Crippen LogP contribution in [0, 0.1) is 34.5 Å². The largest absolute Gasteiger partial charge is 0.394 e. The number of rotatable bonds is 8. The zero-order chi connectivity index (χ0) is 31.6. The Bertz CT molecular complexity index is 1110. The molecule has 4 aliphatic carbocycles. The number of hydrogen-bond donors (Lipinski definition) is 7. The highest BCUT2D eigenvalue weighted by Crippen LogP contribution is 2.65. The molecule has 1 saturated heterocycles. The monoisotopic (exact) mass is 608 g/mol. The summed E-state index contributed by atoms with van der Waals surface area (Å²) in [4.78, 5) is 13.8. The van der Waals surface area contributed by atoms with Crippen molar-refractivity contribution in [2.24, 2.45) is 34.5 Å². The fraction of sp³-hybridized carbons (Fsp3) is 0.848. The van der Waals surface area contributed by atoms with Crippen LogP contribution in [0.2, 0.25) is 0 Å². The molecule has 0 radical (unpaired) electrons. The summed E-state index contributed by atoms with van der Waals surface area (Å²) in [6.07, 6.45) is -1.99. The van der Waals surface area contributed by atoms with Gasteiger partial charge in [0.05, 0.1) is 30.5 Å². The Balaban J connectivity index is 1.35. The summed E-state index contributed by atoms with van der Waals surface area (Å²) in [6, 6.07) is 0. The fourth-order valence-electron chi connectivity index (χ4n) is 9.18. The Hall–Kier alpha value is -1.21. The van der Waals surface area contributed by atoms with Crippen LogP contribution in [0.1, 0.15) is 79.6 Å². The van der Waals surface area contributed by atoms with E-state index < -0.39 is 78.0 Å². The summed E-state index contributed by atoms with van der Waals surface area (Å²) in [6.45, 7) is 9.57. The van der Waals surface area contributed by atoms with E-state index in [1.54, 1.807) is 13.0 Å². The number of carbonyl (C=O) groups is 1. The molecule has 0 spiro atoms. The molecule has 0 aromatic heterocycles. The second-order valence-electron chi connectivity index (χ2n) is 15.1. The molecule has 43 heavy (non-hydrogen) atoms. The molecule has 0 amide bonds. The van der Waals surface area contributed by atoms with Crippen molar-refractivity contribution in [3.8, 4) is 0 Å². The van der Waals surface area contributed by atoms with Gasteiger partial charge in [0, 0.05) is 11.8 Å². The van der Waals surface area contributed by atoms with E-state index in [1.165, 1.54) is 0 Å². The molecule has 5 rings (SSSR count). The number of fused-ring (bicyclic) bond motifs is 5. The SMILES string of the molecule is CC(C)CC[C@@H](O)[C@](C)(O)[C@H]1CC=C2C3=CC(=O)[C@@H]4C[C@@H](O[C@@H]5O[C@H](CO)[C@@H](O)[C@H](O)[C@H]5O)[C@@H](O)C[C@]4(C)[C@H]3CC[C@@]21C. The molecule has 10 heteroatoms. The normalized spacial score (nSPS) is 46.8. The molecule has 0 unspecified atom stereocenters. The molecule has 0 bridgehead atoms. The van der Waals surface area contributed by atoms with Crippen LogP contribution in [-0.2, 0) is 14.3 Å². The van der Waals surface area contributed by atoms with Gasteiger partial charge in [0.2, 0.25) is 0 Å². The van der Waals surface area contributed by atoms with Gasteiger partial charge in [-0.15, -0.1) is 0 Å². The van der Waals surface area contributed by atoms with Crippen LogP contribution >= 0.6 is 0 Å². The van der Waals surface area contributed by atoms with Gasteiger partial charge in [-0.2, -0.15) is 0 Å². The number of carbonyl (C=O) groups excluding carboxylic acids is 1. The molecule has 10 nitrogen and oxygen atoms in total. The van der Waals surface area contributed by atoms with Crippen LogP contribution in [0.5, 0.6) is 0 Å². The zero-order valence-corrected chi connectivity index (χ0v) is 26.1. The number of aliphatic hydroxyl groups excluding tert-OH is 6. The maximum absolute atomic E-state index is 13.8. The maximum Gasteiger partial charge on any atom is 0.187 e. The lowest BCUT2D eigenvalue weighted by Crippen LogP contribution is -2.61. The summed E-state index contributed by atoms with van der Waals surface area (Å²) in [5, 5.41) is 74.3. The lowest BCUT2D eigenvalue weighted by molar-refractivity contribution is -0.322. The fourth-order valence-corrected chi connectivity index (χ4v) is 9.18. The van der Waals surface area contributed by atoms with Gasteiger partial charge in [-0.05, 0) is 91.8 Å². The van der Waals surface area contributed by atoms with E-state index in [0.717, 1.165) is 30.4 Å². The predicted octanol–water partition coefficient (Wildman–Crippen LogP) is 1.37.